The van der Waals surface area contributed by atoms with E-state index in [2.05, 4.69) is 44.4 Å². The summed E-state index contributed by atoms with van der Waals surface area (Å²) < 4.78 is 8.18. The van der Waals surface area contributed by atoms with Crippen LogP contribution in [0.25, 0.3) is 16.6 Å². The van der Waals surface area contributed by atoms with Crippen molar-refractivity contribution in [2.24, 2.45) is 0 Å². The highest BCUT2D eigenvalue weighted by Crippen LogP contribution is 2.26. The minimum Gasteiger partial charge on any atom is -0.497 e. The highest BCUT2D eigenvalue weighted by molar-refractivity contribution is 9.10. The molecule has 0 amide bonds. The molecule has 0 aliphatic heterocycles. The summed E-state index contributed by atoms with van der Waals surface area (Å²) in [6.07, 6.45) is 1.97. The fourth-order valence-electron chi connectivity index (χ4n) is 2.10. The summed E-state index contributed by atoms with van der Waals surface area (Å²) in [5, 5.41) is 1.21. The first-order valence-electron chi connectivity index (χ1n) is 5.31. The lowest BCUT2D eigenvalue weighted by Gasteiger charge is -2.07. The van der Waals surface area contributed by atoms with E-state index in [-0.39, 0.29) is 0 Å². The molecule has 1 aromatic carbocycles. The molecule has 2 aromatic heterocycles. The molecule has 0 aliphatic rings. The van der Waals surface area contributed by atoms with Crippen molar-refractivity contribution in [3.63, 3.8) is 0 Å². The lowest BCUT2D eigenvalue weighted by atomic mass is 10.1. The number of methoxy groups -OCH3 is 1. The van der Waals surface area contributed by atoms with Crippen LogP contribution in [-0.2, 0) is 0 Å². The summed E-state index contributed by atoms with van der Waals surface area (Å²) in [5.74, 6) is 0.856. The fraction of sp³-hybridized carbons (Fsp3) is 0.154. The second kappa shape index (κ2) is 3.74. The minimum absolute atomic E-state index is 0.840. The molecule has 0 aliphatic carbocycles. The highest BCUT2D eigenvalue weighted by Gasteiger charge is 2.07. The van der Waals surface area contributed by atoms with Gasteiger partial charge in [-0.2, -0.15) is 0 Å². The number of fused-ring (bicyclic) bond motifs is 3. The zero-order valence-electron chi connectivity index (χ0n) is 9.57. The van der Waals surface area contributed by atoms with Crippen molar-refractivity contribution in [3.8, 4) is 5.75 Å². The Hall–Kier alpha value is -1.55. The molecule has 2 heterocycles. The van der Waals surface area contributed by atoms with E-state index in [0.717, 1.165) is 21.5 Å². The Labute approximate surface area is 107 Å². The Morgan fingerprint density at radius 3 is 2.88 bits per heavy atom. The quantitative estimate of drug-likeness (QED) is 0.685. The summed E-state index contributed by atoms with van der Waals surface area (Å²) in [6.45, 7) is 2.09. The summed E-state index contributed by atoms with van der Waals surface area (Å²) in [7, 11) is 1.68. The average Bonchev–Trinajstić information content (AvgIpc) is 2.69. The normalized spacial score (nSPS) is 11.2. The lowest BCUT2D eigenvalue weighted by molar-refractivity contribution is 0.415. The van der Waals surface area contributed by atoms with Crippen LogP contribution < -0.4 is 4.74 Å². The molecule has 0 N–H and O–H groups in total. The van der Waals surface area contributed by atoms with Gasteiger partial charge in [-0.25, -0.2) is 4.98 Å². The van der Waals surface area contributed by atoms with E-state index in [4.69, 9.17) is 4.74 Å². The van der Waals surface area contributed by atoms with Gasteiger partial charge in [0.1, 0.15) is 16.0 Å². The van der Waals surface area contributed by atoms with Crippen LogP contribution in [-0.4, -0.2) is 16.5 Å². The van der Waals surface area contributed by atoms with E-state index in [1.54, 1.807) is 7.11 Å². The number of hydrogen-bond acceptors (Lipinski definition) is 2. The van der Waals surface area contributed by atoms with Crippen molar-refractivity contribution in [2.45, 2.75) is 6.92 Å². The monoisotopic (exact) mass is 290 g/mol. The maximum atomic E-state index is 5.27. The Balaban J connectivity index is 2.51. The van der Waals surface area contributed by atoms with Crippen molar-refractivity contribution in [3.05, 3.63) is 40.6 Å². The van der Waals surface area contributed by atoms with Crippen LogP contribution in [0.1, 0.15) is 5.56 Å². The first-order valence-corrected chi connectivity index (χ1v) is 6.10. The number of aromatic nitrogens is 2. The minimum atomic E-state index is 0.840. The number of hydrogen-bond donors (Lipinski definition) is 0. The number of rotatable bonds is 1. The average molecular weight is 291 g/mol. The van der Waals surface area contributed by atoms with Gasteiger partial charge in [0, 0.05) is 17.6 Å². The molecule has 4 heteroatoms. The molecule has 0 saturated heterocycles. The molecule has 3 aromatic rings. The molecular weight excluding hydrogens is 280 g/mol. The number of ether oxygens (including phenoxy) is 1. The zero-order chi connectivity index (χ0) is 12.0. The maximum absolute atomic E-state index is 5.27. The third-order valence-corrected chi connectivity index (χ3v) is 3.32. The zero-order valence-corrected chi connectivity index (χ0v) is 11.2. The number of halogens is 1. The van der Waals surface area contributed by atoms with Crippen molar-refractivity contribution in [1.29, 1.82) is 0 Å². The second-order valence-electron chi connectivity index (χ2n) is 4.00. The van der Waals surface area contributed by atoms with E-state index in [1.807, 2.05) is 18.3 Å². The topological polar surface area (TPSA) is 26.5 Å². The van der Waals surface area contributed by atoms with Crippen LogP contribution >= 0.6 is 15.9 Å². The van der Waals surface area contributed by atoms with E-state index in [9.17, 15) is 0 Å². The molecule has 0 bridgehead atoms. The predicted molar refractivity (Wildman–Crippen MR) is 71.7 cm³/mol. The molecule has 0 unspecified atom stereocenters. The van der Waals surface area contributed by atoms with Gasteiger partial charge in [-0.05, 0) is 46.6 Å². The number of nitrogens with zero attached hydrogens (tertiary/aromatic N) is 2. The number of benzene rings is 1. The summed E-state index contributed by atoms with van der Waals surface area (Å²) in [4.78, 5) is 4.42. The lowest BCUT2D eigenvalue weighted by Crippen LogP contribution is -1.91. The van der Waals surface area contributed by atoms with Gasteiger partial charge >= 0.3 is 0 Å². The molecule has 0 radical (unpaired) electrons. The van der Waals surface area contributed by atoms with Gasteiger partial charge in [-0.15, -0.1) is 0 Å². The molecule has 86 valence electrons. The third-order valence-electron chi connectivity index (χ3n) is 2.94. The fourth-order valence-corrected chi connectivity index (χ4v) is 2.49. The Morgan fingerprint density at radius 2 is 2.12 bits per heavy atom. The van der Waals surface area contributed by atoms with Gasteiger partial charge in [0.15, 0.2) is 0 Å². The van der Waals surface area contributed by atoms with Gasteiger partial charge in [-0.3, -0.25) is 4.40 Å². The number of imidazole rings is 1. The molecule has 0 spiro atoms. The van der Waals surface area contributed by atoms with Crippen LogP contribution in [0.15, 0.2) is 35.1 Å². The molecular formula is C13H11BrN2O. The van der Waals surface area contributed by atoms with E-state index < -0.39 is 0 Å². The highest BCUT2D eigenvalue weighted by atomic mass is 79.9. The van der Waals surface area contributed by atoms with Crippen molar-refractivity contribution in [1.82, 2.24) is 9.38 Å². The first kappa shape index (κ1) is 10.6. The molecule has 3 nitrogen and oxygen atoms in total. The van der Waals surface area contributed by atoms with Crippen molar-refractivity contribution >= 4 is 32.5 Å². The first-order chi connectivity index (χ1) is 8.19. The molecule has 3 rings (SSSR count). The van der Waals surface area contributed by atoms with Crippen LogP contribution in [0.4, 0.5) is 0 Å². The summed E-state index contributed by atoms with van der Waals surface area (Å²) in [5.41, 5.74) is 3.26. The standard InChI is InChI=1S/C13H11BrN2O/c1-8-5-13-15-12(14)7-16(13)11-6-9(17-2)3-4-10(8)11/h3-7H,1-2H3. The van der Waals surface area contributed by atoms with Gasteiger partial charge in [0.2, 0.25) is 0 Å². The number of aryl methyl sites for hydroxylation is 1. The molecule has 0 saturated carbocycles. The van der Waals surface area contributed by atoms with Gasteiger partial charge in [0.25, 0.3) is 0 Å². The van der Waals surface area contributed by atoms with Crippen LogP contribution in [0, 0.1) is 6.92 Å². The van der Waals surface area contributed by atoms with E-state index in [1.165, 1.54) is 10.9 Å². The van der Waals surface area contributed by atoms with Crippen molar-refractivity contribution < 1.29 is 4.74 Å². The summed E-state index contributed by atoms with van der Waals surface area (Å²) >= 11 is 3.41. The Bertz CT molecular complexity index is 718. The predicted octanol–water partition coefficient (Wildman–Crippen LogP) is 3.57. The van der Waals surface area contributed by atoms with Crippen LogP contribution in [0.2, 0.25) is 0 Å². The Kier molecular flexibility index (Phi) is 2.33. The summed E-state index contributed by atoms with van der Waals surface area (Å²) in [6, 6.07) is 8.17. The molecule has 17 heavy (non-hydrogen) atoms. The van der Waals surface area contributed by atoms with Crippen LogP contribution in [0.3, 0.4) is 0 Å². The molecule has 0 atom stereocenters. The molecule has 0 fully saturated rings. The van der Waals surface area contributed by atoms with Crippen LogP contribution in [0.5, 0.6) is 5.75 Å². The van der Waals surface area contributed by atoms with Gasteiger partial charge in [0.05, 0.1) is 12.6 Å². The largest absolute Gasteiger partial charge is 0.497 e. The Morgan fingerprint density at radius 1 is 1.29 bits per heavy atom. The van der Waals surface area contributed by atoms with E-state index in [0.29, 0.717) is 0 Å². The maximum Gasteiger partial charge on any atom is 0.138 e. The van der Waals surface area contributed by atoms with Crippen molar-refractivity contribution in [2.75, 3.05) is 7.11 Å². The SMILES string of the molecule is COc1ccc2c(C)cc3nc(Br)cn3c2c1. The van der Waals surface area contributed by atoms with Gasteiger partial charge in [-0.1, -0.05) is 0 Å². The third kappa shape index (κ3) is 1.60. The van der Waals surface area contributed by atoms with E-state index >= 15 is 0 Å². The smallest absolute Gasteiger partial charge is 0.138 e. The number of pyridine rings is 1. The second-order valence-corrected chi connectivity index (χ2v) is 4.81. The van der Waals surface area contributed by atoms with Gasteiger partial charge < -0.3 is 4.74 Å².